The number of carbonyl (C=O) groups is 1. The Morgan fingerprint density at radius 2 is 2.30 bits per heavy atom. The summed E-state index contributed by atoms with van der Waals surface area (Å²) >= 11 is 5.89. The summed E-state index contributed by atoms with van der Waals surface area (Å²) in [5.41, 5.74) is 0.737. The van der Waals surface area contributed by atoms with Gasteiger partial charge in [0.1, 0.15) is 0 Å². The van der Waals surface area contributed by atoms with Crippen molar-refractivity contribution in [2.24, 2.45) is 5.92 Å². The number of hydrogen-bond acceptors (Lipinski definition) is 3. The summed E-state index contributed by atoms with van der Waals surface area (Å²) in [4.78, 5) is 14.2. The Balaban J connectivity index is 1.78. The van der Waals surface area contributed by atoms with Gasteiger partial charge < -0.3 is 15.5 Å². The standard InChI is InChI=1S/C15H22ClN3O/c1-11-10-19(2)7-6-14(11)17-9-15(20)18-13-5-3-4-12(16)8-13/h3-5,8,11,14,17H,6-7,9-10H2,1-2H3,(H,18,20). The normalized spacial score (nSPS) is 23.6. The van der Waals surface area contributed by atoms with Crippen LogP contribution in [0.4, 0.5) is 5.69 Å². The van der Waals surface area contributed by atoms with E-state index in [-0.39, 0.29) is 5.91 Å². The lowest BCUT2D eigenvalue weighted by atomic mass is 9.94. The van der Waals surface area contributed by atoms with Crippen LogP contribution in [0.25, 0.3) is 0 Å². The fraction of sp³-hybridized carbons (Fsp3) is 0.533. The number of hydrogen-bond donors (Lipinski definition) is 2. The van der Waals surface area contributed by atoms with Gasteiger partial charge in [-0.1, -0.05) is 24.6 Å². The molecule has 1 aromatic carbocycles. The van der Waals surface area contributed by atoms with Gasteiger partial charge in [-0.05, 0) is 44.1 Å². The second-order valence-electron chi connectivity index (χ2n) is 5.57. The van der Waals surface area contributed by atoms with Crippen LogP contribution in [0.2, 0.25) is 5.02 Å². The van der Waals surface area contributed by atoms with Gasteiger partial charge in [-0.25, -0.2) is 0 Å². The molecule has 1 aliphatic heterocycles. The highest BCUT2D eigenvalue weighted by Gasteiger charge is 2.24. The molecule has 20 heavy (non-hydrogen) atoms. The van der Waals surface area contributed by atoms with E-state index < -0.39 is 0 Å². The quantitative estimate of drug-likeness (QED) is 0.895. The van der Waals surface area contributed by atoms with Crippen molar-refractivity contribution in [3.05, 3.63) is 29.3 Å². The third-order valence-corrected chi connectivity index (χ3v) is 3.98. The molecule has 0 radical (unpaired) electrons. The second kappa shape index (κ2) is 7.07. The van der Waals surface area contributed by atoms with Crippen molar-refractivity contribution in [2.45, 2.75) is 19.4 Å². The number of anilines is 1. The minimum absolute atomic E-state index is 0.0293. The van der Waals surface area contributed by atoms with E-state index in [1.807, 2.05) is 12.1 Å². The van der Waals surface area contributed by atoms with Crippen molar-refractivity contribution in [3.8, 4) is 0 Å². The Morgan fingerprint density at radius 1 is 1.50 bits per heavy atom. The minimum Gasteiger partial charge on any atom is -0.325 e. The highest BCUT2D eigenvalue weighted by molar-refractivity contribution is 6.30. The summed E-state index contributed by atoms with van der Waals surface area (Å²) in [6, 6.07) is 7.61. The lowest BCUT2D eigenvalue weighted by molar-refractivity contribution is -0.115. The van der Waals surface area contributed by atoms with Gasteiger partial charge in [0.25, 0.3) is 0 Å². The Hall–Kier alpha value is -1.10. The second-order valence-corrected chi connectivity index (χ2v) is 6.01. The third-order valence-electron chi connectivity index (χ3n) is 3.74. The van der Waals surface area contributed by atoms with Gasteiger partial charge in [0.05, 0.1) is 6.54 Å². The Labute approximate surface area is 125 Å². The Morgan fingerprint density at radius 3 is 3.00 bits per heavy atom. The van der Waals surface area contributed by atoms with E-state index in [9.17, 15) is 4.79 Å². The SMILES string of the molecule is CC1CN(C)CCC1NCC(=O)Nc1cccc(Cl)c1. The molecular weight excluding hydrogens is 274 g/mol. The first kappa shape index (κ1) is 15.3. The fourth-order valence-electron chi connectivity index (χ4n) is 2.65. The van der Waals surface area contributed by atoms with E-state index in [0.717, 1.165) is 25.2 Å². The highest BCUT2D eigenvalue weighted by atomic mass is 35.5. The van der Waals surface area contributed by atoms with Crippen molar-refractivity contribution in [2.75, 3.05) is 32.0 Å². The predicted octanol–water partition coefficient (Wildman–Crippen LogP) is 2.21. The summed E-state index contributed by atoms with van der Waals surface area (Å²) < 4.78 is 0. The Kier molecular flexibility index (Phi) is 5.40. The zero-order chi connectivity index (χ0) is 14.5. The van der Waals surface area contributed by atoms with E-state index in [2.05, 4.69) is 29.5 Å². The van der Waals surface area contributed by atoms with Crippen molar-refractivity contribution in [1.82, 2.24) is 10.2 Å². The molecule has 1 aliphatic rings. The van der Waals surface area contributed by atoms with Gasteiger partial charge in [0.15, 0.2) is 0 Å². The van der Waals surface area contributed by atoms with Crippen LogP contribution in [0.1, 0.15) is 13.3 Å². The van der Waals surface area contributed by atoms with E-state index in [4.69, 9.17) is 11.6 Å². The van der Waals surface area contributed by atoms with Crippen LogP contribution in [0.5, 0.6) is 0 Å². The van der Waals surface area contributed by atoms with E-state index in [1.54, 1.807) is 12.1 Å². The maximum atomic E-state index is 11.9. The number of benzene rings is 1. The molecule has 0 saturated carbocycles. The number of likely N-dealkylation sites (tertiary alicyclic amines) is 1. The van der Waals surface area contributed by atoms with Crippen molar-refractivity contribution in [3.63, 3.8) is 0 Å². The van der Waals surface area contributed by atoms with Crippen molar-refractivity contribution in [1.29, 1.82) is 0 Å². The van der Waals surface area contributed by atoms with E-state index >= 15 is 0 Å². The van der Waals surface area contributed by atoms with Gasteiger partial charge in [-0.3, -0.25) is 4.79 Å². The molecular formula is C15H22ClN3O. The third kappa shape index (κ3) is 4.47. The molecule has 5 heteroatoms. The predicted molar refractivity (Wildman–Crippen MR) is 83.2 cm³/mol. The lowest BCUT2D eigenvalue weighted by Crippen LogP contribution is -2.48. The molecule has 2 atom stereocenters. The van der Waals surface area contributed by atoms with Crippen LogP contribution in [0.15, 0.2) is 24.3 Å². The lowest BCUT2D eigenvalue weighted by Gasteiger charge is -2.35. The molecule has 0 aromatic heterocycles. The molecule has 0 bridgehead atoms. The van der Waals surface area contributed by atoms with Gasteiger partial charge in [0.2, 0.25) is 5.91 Å². The van der Waals surface area contributed by atoms with Crippen LogP contribution >= 0.6 is 11.6 Å². The van der Waals surface area contributed by atoms with Crippen LogP contribution in [0.3, 0.4) is 0 Å². The molecule has 110 valence electrons. The average molecular weight is 296 g/mol. The molecule has 2 unspecified atom stereocenters. The summed E-state index contributed by atoms with van der Waals surface area (Å²) in [5, 5.41) is 6.83. The van der Waals surface area contributed by atoms with Crippen molar-refractivity contribution < 1.29 is 4.79 Å². The van der Waals surface area contributed by atoms with Crippen molar-refractivity contribution >= 4 is 23.2 Å². The van der Waals surface area contributed by atoms with Crippen LogP contribution in [-0.2, 0) is 4.79 Å². The maximum Gasteiger partial charge on any atom is 0.238 e. The molecule has 1 aromatic rings. The van der Waals surface area contributed by atoms with Gasteiger partial charge in [-0.15, -0.1) is 0 Å². The monoisotopic (exact) mass is 295 g/mol. The molecule has 1 saturated heterocycles. The summed E-state index contributed by atoms with van der Waals surface area (Å²) in [6.45, 7) is 4.72. The Bertz CT molecular complexity index is 466. The van der Waals surface area contributed by atoms with Gasteiger partial charge >= 0.3 is 0 Å². The van der Waals surface area contributed by atoms with E-state index in [1.165, 1.54) is 0 Å². The van der Waals surface area contributed by atoms with Crippen LogP contribution in [-0.4, -0.2) is 43.5 Å². The van der Waals surface area contributed by atoms with Gasteiger partial charge in [0, 0.05) is 23.3 Å². The molecule has 1 fully saturated rings. The first-order valence-corrected chi connectivity index (χ1v) is 7.40. The molecule has 2 N–H and O–H groups in total. The summed E-state index contributed by atoms with van der Waals surface area (Å²) in [6.07, 6.45) is 1.09. The number of halogens is 1. The maximum absolute atomic E-state index is 11.9. The summed E-state index contributed by atoms with van der Waals surface area (Å²) in [7, 11) is 2.14. The molecule has 4 nitrogen and oxygen atoms in total. The molecule has 1 heterocycles. The van der Waals surface area contributed by atoms with E-state index in [0.29, 0.717) is 23.5 Å². The first-order valence-electron chi connectivity index (χ1n) is 7.02. The smallest absolute Gasteiger partial charge is 0.238 e. The number of rotatable bonds is 4. The van der Waals surface area contributed by atoms with Crippen LogP contribution < -0.4 is 10.6 Å². The number of carbonyl (C=O) groups excluding carboxylic acids is 1. The molecule has 0 spiro atoms. The number of piperidine rings is 1. The fourth-order valence-corrected chi connectivity index (χ4v) is 2.84. The zero-order valence-electron chi connectivity index (χ0n) is 12.0. The number of nitrogens with one attached hydrogen (secondary N) is 2. The largest absolute Gasteiger partial charge is 0.325 e. The number of amides is 1. The molecule has 2 rings (SSSR count). The molecule has 0 aliphatic carbocycles. The summed E-state index contributed by atoms with van der Waals surface area (Å²) in [5.74, 6) is 0.533. The number of nitrogens with zero attached hydrogens (tertiary/aromatic N) is 1. The topological polar surface area (TPSA) is 44.4 Å². The molecule has 1 amide bonds. The minimum atomic E-state index is -0.0293. The average Bonchev–Trinajstić information content (AvgIpc) is 2.37. The highest BCUT2D eigenvalue weighted by Crippen LogP contribution is 2.16. The van der Waals surface area contributed by atoms with Gasteiger partial charge in [-0.2, -0.15) is 0 Å². The van der Waals surface area contributed by atoms with Crippen LogP contribution in [0, 0.1) is 5.92 Å². The first-order chi connectivity index (χ1) is 9.54. The zero-order valence-corrected chi connectivity index (χ0v) is 12.8.